The molecule has 0 aliphatic heterocycles. The van der Waals surface area contributed by atoms with Gasteiger partial charge in [-0.15, -0.1) is 0 Å². The Hall–Kier alpha value is -1.04. The first kappa shape index (κ1) is 10.1. The van der Waals surface area contributed by atoms with Gasteiger partial charge >= 0.3 is 0 Å². The van der Waals surface area contributed by atoms with Crippen LogP contribution in [0, 0.1) is 34.5 Å². The van der Waals surface area contributed by atoms with Crippen molar-refractivity contribution in [3.05, 3.63) is 0 Å². The highest BCUT2D eigenvalue weighted by molar-refractivity contribution is 5.83. The zero-order valence-electron chi connectivity index (χ0n) is 9.54. The van der Waals surface area contributed by atoms with Crippen LogP contribution in [0.2, 0.25) is 0 Å². The van der Waals surface area contributed by atoms with E-state index in [2.05, 4.69) is 5.32 Å². The summed E-state index contributed by atoms with van der Waals surface area (Å²) in [6.07, 6.45) is 7.29. The van der Waals surface area contributed by atoms with Gasteiger partial charge in [-0.25, -0.2) is 0 Å². The summed E-state index contributed by atoms with van der Waals surface area (Å²) in [5.74, 6) is 2.53. The summed E-state index contributed by atoms with van der Waals surface area (Å²) in [5, 5.41) is 11.3. The van der Waals surface area contributed by atoms with Gasteiger partial charge in [0.15, 0.2) is 0 Å². The molecule has 0 unspecified atom stereocenters. The molecule has 0 radical (unpaired) electrons. The van der Waals surface area contributed by atoms with E-state index in [1.165, 1.54) is 19.3 Å². The molecule has 0 aromatic rings. The lowest BCUT2D eigenvalue weighted by Gasteiger charge is -2.55. The third-order valence-electron chi connectivity index (χ3n) is 4.85. The van der Waals surface area contributed by atoms with Crippen LogP contribution in [-0.2, 0) is 4.79 Å². The molecule has 4 rings (SSSR count). The van der Waals surface area contributed by atoms with Gasteiger partial charge in [0.2, 0.25) is 5.91 Å². The average Bonchev–Trinajstić information content (AvgIpc) is 2.24. The van der Waals surface area contributed by atoms with Crippen LogP contribution in [0.1, 0.15) is 38.5 Å². The molecule has 1 N–H and O–H groups in total. The zero-order valence-corrected chi connectivity index (χ0v) is 9.54. The fourth-order valence-corrected chi connectivity index (χ4v) is 4.70. The Labute approximate surface area is 96.2 Å². The fraction of sp³-hybridized carbons (Fsp3) is 0.846. The van der Waals surface area contributed by atoms with Gasteiger partial charge in [0.25, 0.3) is 0 Å². The molecule has 0 spiro atoms. The molecule has 4 fully saturated rings. The lowest BCUT2D eigenvalue weighted by Crippen LogP contribution is -2.53. The summed E-state index contributed by atoms with van der Waals surface area (Å²) < 4.78 is 0. The Morgan fingerprint density at radius 3 is 2.12 bits per heavy atom. The molecular weight excluding hydrogens is 200 g/mol. The Bertz CT molecular complexity index is 320. The van der Waals surface area contributed by atoms with Gasteiger partial charge in [0, 0.05) is 5.41 Å². The Morgan fingerprint density at radius 2 is 1.69 bits per heavy atom. The van der Waals surface area contributed by atoms with E-state index in [0.717, 1.165) is 37.0 Å². The van der Waals surface area contributed by atoms with Crippen LogP contribution in [-0.4, -0.2) is 12.5 Å². The van der Waals surface area contributed by atoms with Crippen molar-refractivity contribution in [3.8, 4) is 6.07 Å². The molecule has 0 heterocycles. The van der Waals surface area contributed by atoms with Gasteiger partial charge in [0.1, 0.15) is 6.54 Å². The van der Waals surface area contributed by atoms with Gasteiger partial charge in [-0.3, -0.25) is 4.79 Å². The quantitative estimate of drug-likeness (QED) is 0.719. The molecule has 0 aromatic heterocycles. The summed E-state index contributed by atoms with van der Waals surface area (Å²) in [6, 6.07) is 2.00. The molecule has 86 valence electrons. The second-order valence-corrected chi connectivity index (χ2v) is 6.04. The molecule has 4 aliphatic rings. The summed E-state index contributed by atoms with van der Waals surface area (Å²) in [6.45, 7) is 0.167. The first-order chi connectivity index (χ1) is 7.72. The molecule has 0 aromatic carbocycles. The monoisotopic (exact) mass is 218 g/mol. The minimum atomic E-state index is -0.0917. The molecule has 4 aliphatic carbocycles. The molecule has 0 saturated heterocycles. The highest BCUT2D eigenvalue weighted by Crippen LogP contribution is 2.59. The van der Waals surface area contributed by atoms with E-state index in [1.807, 2.05) is 6.07 Å². The first-order valence-corrected chi connectivity index (χ1v) is 6.37. The number of carbonyl (C=O) groups excluding carboxylic acids is 1. The van der Waals surface area contributed by atoms with Crippen molar-refractivity contribution >= 4 is 5.91 Å². The van der Waals surface area contributed by atoms with E-state index < -0.39 is 0 Å². The van der Waals surface area contributed by atoms with E-state index >= 15 is 0 Å². The molecular formula is C13H18N2O. The molecule has 1 amide bonds. The maximum absolute atomic E-state index is 12.2. The topological polar surface area (TPSA) is 52.9 Å². The van der Waals surface area contributed by atoms with Crippen LogP contribution < -0.4 is 5.32 Å². The van der Waals surface area contributed by atoms with Crippen LogP contribution in [0.5, 0.6) is 0 Å². The molecule has 16 heavy (non-hydrogen) atoms. The number of amides is 1. The maximum atomic E-state index is 12.2. The summed E-state index contributed by atoms with van der Waals surface area (Å²) >= 11 is 0. The Kier molecular flexibility index (Phi) is 2.20. The third-order valence-corrected chi connectivity index (χ3v) is 4.85. The molecule has 4 bridgehead atoms. The van der Waals surface area contributed by atoms with E-state index in [0.29, 0.717) is 0 Å². The summed E-state index contributed by atoms with van der Waals surface area (Å²) in [7, 11) is 0. The summed E-state index contributed by atoms with van der Waals surface area (Å²) in [5.41, 5.74) is -0.0917. The largest absolute Gasteiger partial charge is 0.343 e. The summed E-state index contributed by atoms with van der Waals surface area (Å²) in [4.78, 5) is 12.2. The van der Waals surface area contributed by atoms with Crippen molar-refractivity contribution < 1.29 is 4.79 Å². The minimum absolute atomic E-state index is 0.0917. The number of hydrogen-bond donors (Lipinski definition) is 1. The highest BCUT2D eigenvalue weighted by Gasteiger charge is 2.54. The van der Waals surface area contributed by atoms with Crippen molar-refractivity contribution in [2.24, 2.45) is 23.2 Å². The minimum Gasteiger partial charge on any atom is -0.343 e. The zero-order chi connectivity index (χ0) is 11.2. The van der Waals surface area contributed by atoms with E-state index in [-0.39, 0.29) is 17.9 Å². The van der Waals surface area contributed by atoms with Crippen LogP contribution in [0.4, 0.5) is 0 Å². The molecule has 3 heteroatoms. The second kappa shape index (κ2) is 3.48. The number of carbonyl (C=O) groups is 1. The number of rotatable bonds is 2. The lowest BCUT2D eigenvalue weighted by molar-refractivity contribution is -0.145. The van der Waals surface area contributed by atoms with Crippen molar-refractivity contribution in [1.29, 1.82) is 5.26 Å². The average molecular weight is 218 g/mol. The molecule has 4 saturated carbocycles. The van der Waals surface area contributed by atoms with Crippen molar-refractivity contribution in [2.45, 2.75) is 38.5 Å². The second-order valence-electron chi connectivity index (χ2n) is 6.04. The number of nitrogens with zero attached hydrogens (tertiary/aromatic N) is 1. The smallest absolute Gasteiger partial charge is 0.227 e. The van der Waals surface area contributed by atoms with E-state index in [4.69, 9.17) is 5.26 Å². The first-order valence-electron chi connectivity index (χ1n) is 6.37. The van der Waals surface area contributed by atoms with Crippen molar-refractivity contribution in [2.75, 3.05) is 6.54 Å². The van der Waals surface area contributed by atoms with Crippen LogP contribution in [0.3, 0.4) is 0 Å². The lowest BCUT2D eigenvalue weighted by atomic mass is 9.49. The number of hydrogen-bond acceptors (Lipinski definition) is 2. The molecule has 3 nitrogen and oxygen atoms in total. The van der Waals surface area contributed by atoms with E-state index in [1.54, 1.807) is 0 Å². The van der Waals surface area contributed by atoms with Gasteiger partial charge in [-0.05, 0) is 56.3 Å². The van der Waals surface area contributed by atoms with E-state index in [9.17, 15) is 4.79 Å². The van der Waals surface area contributed by atoms with Gasteiger partial charge in [-0.2, -0.15) is 5.26 Å². The molecule has 0 atom stereocenters. The third kappa shape index (κ3) is 1.43. The normalized spacial score (nSPS) is 44.1. The Morgan fingerprint density at radius 1 is 1.19 bits per heavy atom. The Balaban J connectivity index is 1.78. The predicted octanol–water partition coefficient (Wildman–Crippen LogP) is 1.84. The van der Waals surface area contributed by atoms with Gasteiger partial charge in [0.05, 0.1) is 6.07 Å². The SMILES string of the molecule is N#CCNC(=O)C12CC3CC(CC(C3)C1)C2. The van der Waals surface area contributed by atoms with Gasteiger partial charge in [-0.1, -0.05) is 0 Å². The standard InChI is InChI=1S/C13H18N2O/c14-1-2-15-12(16)13-6-9-3-10(7-13)5-11(4-9)8-13/h9-11H,2-8H2,(H,15,16). The van der Waals surface area contributed by atoms with Crippen molar-refractivity contribution in [3.63, 3.8) is 0 Å². The number of nitrogens with one attached hydrogen (secondary N) is 1. The van der Waals surface area contributed by atoms with Crippen LogP contribution in [0.15, 0.2) is 0 Å². The highest BCUT2D eigenvalue weighted by atomic mass is 16.2. The van der Waals surface area contributed by atoms with Crippen LogP contribution >= 0.6 is 0 Å². The predicted molar refractivity (Wildman–Crippen MR) is 59.2 cm³/mol. The van der Waals surface area contributed by atoms with Crippen molar-refractivity contribution in [1.82, 2.24) is 5.32 Å². The van der Waals surface area contributed by atoms with Crippen LogP contribution in [0.25, 0.3) is 0 Å². The fourth-order valence-electron chi connectivity index (χ4n) is 4.70. The number of nitriles is 1. The maximum Gasteiger partial charge on any atom is 0.227 e. The van der Waals surface area contributed by atoms with Gasteiger partial charge < -0.3 is 5.32 Å².